The predicted molar refractivity (Wildman–Crippen MR) is 52.3 cm³/mol. The molecule has 0 bridgehead atoms. The van der Waals surface area contributed by atoms with E-state index in [9.17, 15) is 0 Å². The van der Waals surface area contributed by atoms with E-state index in [-0.39, 0.29) is 0 Å². The zero-order valence-electron chi connectivity index (χ0n) is 7.06. The van der Waals surface area contributed by atoms with Crippen LogP contribution in [0.2, 0.25) is 0 Å². The normalized spacial score (nSPS) is 10.2. The average Bonchev–Trinajstić information content (AvgIpc) is 2.51. The van der Waals surface area contributed by atoms with Gasteiger partial charge in [-0.2, -0.15) is 5.10 Å². The number of nitrogens with zero attached hydrogens (tertiary/aromatic N) is 3. The molecule has 2 aromatic heterocycles. The third-order valence-corrected chi connectivity index (χ3v) is 2.66. The van der Waals surface area contributed by atoms with Crippen LogP contribution in [0.1, 0.15) is 5.56 Å². The van der Waals surface area contributed by atoms with Crippen molar-refractivity contribution in [2.45, 2.75) is 6.92 Å². The summed E-state index contributed by atoms with van der Waals surface area (Å²) in [4.78, 5) is 5.12. The zero-order chi connectivity index (χ0) is 9.26. The number of hydrogen-bond acceptors (Lipinski definition) is 5. The van der Waals surface area contributed by atoms with Crippen LogP contribution in [-0.2, 0) is 0 Å². The smallest absolute Gasteiger partial charge is 0.194 e. The molecule has 13 heavy (non-hydrogen) atoms. The maximum Gasteiger partial charge on any atom is 0.194 e. The van der Waals surface area contributed by atoms with Gasteiger partial charge in [0.1, 0.15) is 5.82 Å². The van der Waals surface area contributed by atoms with Crippen molar-refractivity contribution in [3.05, 3.63) is 23.2 Å². The van der Waals surface area contributed by atoms with E-state index < -0.39 is 0 Å². The number of aromatic nitrogens is 3. The van der Waals surface area contributed by atoms with Gasteiger partial charge in [-0.1, -0.05) is 0 Å². The van der Waals surface area contributed by atoms with Gasteiger partial charge in [-0.3, -0.25) is 0 Å². The third kappa shape index (κ3) is 1.50. The Morgan fingerprint density at radius 1 is 1.46 bits per heavy atom. The molecule has 0 amide bonds. The molecule has 2 N–H and O–H groups in total. The lowest BCUT2D eigenvalue weighted by Crippen LogP contribution is -1.96. The van der Waals surface area contributed by atoms with Crippen molar-refractivity contribution in [3.8, 4) is 10.7 Å². The molecule has 0 saturated carbocycles. The van der Waals surface area contributed by atoms with Crippen LogP contribution < -0.4 is 5.73 Å². The first-order chi connectivity index (χ1) is 6.27. The number of nitrogen functional groups attached to an aromatic ring is 1. The Hall–Kier alpha value is -1.49. The predicted octanol–water partition coefficient (Wildman–Crippen LogP) is 1.49. The molecule has 0 aromatic carbocycles. The zero-order valence-corrected chi connectivity index (χ0v) is 7.88. The molecule has 5 heteroatoms. The average molecular weight is 192 g/mol. The van der Waals surface area contributed by atoms with Gasteiger partial charge in [0.15, 0.2) is 5.82 Å². The molecule has 4 nitrogen and oxygen atoms in total. The lowest BCUT2D eigenvalue weighted by atomic mass is 10.3. The Morgan fingerprint density at radius 3 is 2.92 bits per heavy atom. The van der Waals surface area contributed by atoms with Crippen molar-refractivity contribution in [2.24, 2.45) is 0 Å². The standard InChI is InChI=1S/C8H8N4S/c1-5-2-3-13-7(5)8-11-6(9)4-10-12-8/h2-4H,1H3,(H2,9,11,12). The highest BCUT2D eigenvalue weighted by atomic mass is 32.1. The Morgan fingerprint density at radius 2 is 2.31 bits per heavy atom. The molecule has 0 saturated heterocycles. The van der Waals surface area contributed by atoms with Crippen LogP contribution in [-0.4, -0.2) is 15.2 Å². The topological polar surface area (TPSA) is 64.7 Å². The first kappa shape index (κ1) is 8.12. The fraction of sp³-hybridized carbons (Fsp3) is 0.125. The maximum atomic E-state index is 5.51. The summed E-state index contributed by atoms with van der Waals surface area (Å²) in [5.74, 6) is 1.00. The van der Waals surface area contributed by atoms with Gasteiger partial charge in [0.2, 0.25) is 0 Å². The summed E-state index contributed by atoms with van der Waals surface area (Å²) >= 11 is 1.59. The summed E-state index contributed by atoms with van der Waals surface area (Å²) in [5.41, 5.74) is 6.66. The van der Waals surface area contributed by atoms with Gasteiger partial charge in [-0.25, -0.2) is 4.98 Å². The molecule has 0 fully saturated rings. The molecule has 66 valence electrons. The molecule has 0 radical (unpaired) electrons. The van der Waals surface area contributed by atoms with Crippen molar-refractivity contribution in [3.63, 3.8) is 0 Å². The summed E-state index contributed by atoms with van der Waals surface area (Å²) in [6, 6.07) is 2.02. The van der Waals surface area contributed by atoms with E-state index in [0.717, 1.165) is 10.4 Å². The summed E-state index contributed by atoms with van der Waals surface area (Å²) in [6.07, 6.45) is 1.44. The van der Waals surface area contributed by atoms with Crippen molar-refractivity contribution in [2.75, 3.05) is 5.73 Å². The molecular formula is C8H8N4S. The van der Waals surface area contributed by atoms with Gasteiger partial charge in [-0.05, 0) is 23.9 Å². The Kier molecular flexibility index (Phi) is 1.94. The van der Waals surface area contributed by atoms with Crippen LogP contribution in [0, 0.1) is 6.92 Å². The molecule has 0 spiro atoms. The van der Waals surface area contributed by atoms with Crippen LogP contribution in [0.25, 0.3) is 10.7 Å². The maximum absolute atomic E-state index is 5.51. The van der Waals surface area contributed by atoms with Crippen LogP contribution in [0.4, 0.5) is 5.82 Å². The molecule has 0 unspecified atom stereocenters. The Balaban J connectivity index is 2.53. The van der Waals surface area contributed by atoms with Crippen LogP contribution >= 0.6 is 11.3 Å². The highest BCUT2D eigenvalue weighted by molar-refractivity contribution is 7.13. The molecule has 0 aliphatic carbocycles. The number of thiophene rings is 1. The van der Waals surface area contributed by atoms with E-state index in [2.05, 4.69) is 15.2 Å². The van der Waals surface area contributed by atoms with Gasteiger partial charge >= 0.3 is 0 Å². The second-order valence-electron chi connectivity index (χ2n) is 2.64. The SMILES string of the molecule is Cc1ccsc1-c1nncc(N)n1. The summed E-state index contributed by atoms with van der Waals surface area (Å²) in [5, 5.41) is 9.66. The van der Waals surface area contributed by atoms with E-state index in [4.69, 9.17) is 5.73 Å². The fourth-order valence-electron chi connectivity index (χ4n) is 1.01. The molecule has 2 heterocycles. The van der Waals surface area contributed by atoms with Crippen molar-refractivity contribution < 1.29 is 0 Å². The highest BCUT2D eigenvalue weighted by Crippen LogP contribution is 2.25. The highest BCUT2D eigenvalue weighted by Gasteiger charge is 2.06. The van der Waals surface area contributed by atoms with Crippen LogP contribution in [0.5, 0.6) is 0 Å². The van der Waals surface area contributed by atoms with E-state index in [0.29, 0.717) is 11.6 Å². The van der Waals surface area contributed by atoms with Crippen molar-refractivity contribution >= 4 is 17.2 Å². The number of aryl methyl sites for hydroxylation is 1. The van der Waals surface area contributed by atoms with Gasteiger partial charge in [-0.15, -0.1) is 16.4 Å². The second-order valence-corrected chi connectivity index (χ2v) is 3.55. The molecule has 2 rings (SSSR count). The van der Waals surface area contributed by atoms with E-state index in [1.54, 1.807) is 11.3 Å². The lowest BCUT2D eigenvalue weighted by Gasteiger charge is -1.96. The van der Waals surface area contributed by atoms with Gasteiger partial charge < -0.3 is 5.73 Å². The minimum atomic E-state index is 0.401. The van der Waals surface area contributed by atoms with Gasteiger partial charge in [0.05, 0.1) is 11.1 Å². The molecular weight excluding hydrogens is 184 g/mol. The number of hydrogen-bond donors (Lipinski definition) is 1. The van der Waals surface area contributed by atoms with E-state index >= 15 is 0 Å². The third-order valence-electron chi connectivity index (χ3n) is 1.64. The Bertz CT molecular complexity index is 424. The van der Waals surface area contributed by atoms with Gasteiger partial charge in [0.25, 0.3) is 0 Å². The molecule has 2 aromatic rings. The Labute approximate surface area is 79.5 Å². The second kappa shape index (κ2) is 3.10. The summed E-state index contributed by atoms with van der Waals surface area (Å²) in [6.45, 7) is 2.01. The number of nitrogens with two attached hydrogens (primary N) is 1. The van der Waals surface area contributed by atoms with Crippen molar-refractivity contribution in [1.29, 1.82) is 0 Å². The minimum Gasteiger partial charge on any atom is -0.382 e. The molecule has 0 aliphatic rings. The quantitative estimate of drug-likeness (QED) is 0.743. The van der Waals surface area contributed by atoms with Gasteiger partial charge in [0, 0.05) is 0 Å². The summed E-state index contributed by atoms with van der Waals surface area (Å²) in [7, 11) is 0. The lowest BCUT2D eigenvalue weighted by molar-refractivity contribution is 0.989. The molecule has 0 aliphatic heterocycles. The van der Waals surface area contributed by atoms with E-state index in [1.807, 2.05) is 18.4 Å². The number of rotatable bonds is 1. The molecule has 0 atom stereocenters. The first-order valence-corrected chi connectivity index (χ1v) is 4.65. The monoisotopic (exact) mass is 192 g/mol. The van der Waals surface area contributed by atoms with Crippen molar-refractivity contribution in [1.82, 2.24) is 15.2 Å². The summed E-state index contributed by atoms with van der Waals surface area (Å²) < 4.78 is 0. The first-order valence-electron chi connectivity index (χ1n) is 3.77. The fourth-order valence-corrected chi connectivity index (χ4v) is 1.87. The van der Waals surface area contributed by atoms with Crippen LogP contribution in [0.3, 0.4) is 0 Å². The number of anilines is 1. The largest absolute Gasteiger partial charge is 0.382 e. The van der Waals surface area contributed by atoms with E-state index in [1.165, 1.54) is 6.20 Å². The minimum absolute atomic E-state index is 0.401. The van der Waals surface area contributed by atoms with Crippen LogP contribution in [0.15, 0.2) is 17.6 Å².